The zero-order valence-electron chi connectivity index (χ0n) is 9.57. The molecule has 0 heterocycles. The Balaban J connectivity index is 3.64. The Labute approximate surface area is 96.0 Å². The summed E-state index contributed by atoms with van der Waals surface area (Å²) in [6, 6.07) is 0. The lowest BCUT2D eigenvalue weighted by Crippen LogP contribution is -2.33. The van der Waals surface area contributed by atoms with Gasteiger partial charge in [0.25, 0.3) is 0 Å². The predicted molar refractivity (Wildman–Crippen MR) is 63.6 cm³/mol. The summed E-state index contributed by atoms with van der Waals surface area (Å²) in [5.41, 5.74) is 0. The fraction of sp³-hybridized carbons (Fsp3) is 0.900. The number of methoxy groups -OCH3 is 1. The van der Waals surface area contributed by atoms with Crippen LogP contribution in [0.3, 0.4) is 0 Å². The van der Waals surface area contributed by atoms with Gasteiger partial charge < -0.3 is 9.84 Å². The van der Waals surface area contributed by atoms with E-state index in [9.17, 15) is 4.79 Å². The lowest BCUT2D eigenvalue weighted by atomic mass is 10.4. The maximum Gasteiger partial charge on any atom is 0.317 e. The molecule has 1 N–H and O–H groups in total. The smallest absolute Gasteiger partial charge is 0.317 e. The molecule has 4 nitrogen and oxygen atoms in total. The van der Waals surface area contributed by atoms with Crippen molar-refractivity contribution in [2.24, 2.45) is 0 Å². The fourth-order valence-corrected chi connectivity index (χ4v) is 1.84. The first-order valence-corrected chi connectivity index (χ1v) is 6.37. The van der Waals surface area contributed by atoms with E-state index < -0.39 is 5.97 Å². The van der Waals surface area contributed by atoms with E-state index in [0.29, 0.717) is 13.2 Å². The van der Waals surface area contributed by atoms with Gasteiger partial charge in [-0.25, -0.2) is 0 Å². The van der Waals surface area contributed by atoms with Crippen LogP contribution in [0.1, 0.15) is 13.3 Å². The van der Waals surface area contributed by atoms with Crippen LogP contribution >= 0.6 is 11.8 Å². The molecule has 0 aromatic heterocycles. The Hall–Kier alpha value is -0.260. The summed E-state index contributed by atoms with van der Waals surface area (Å²) < 4.78 is 4.94. The molecule has 0 aliphatic carbocycles. The predicted octanol–water partition coefficient (Wildman–Crippen LogP) is 1.16. The van der Waals surface area contributed by atoms with Gasteiger partial charge >= 0.3 is 5.97 Å². The number of thioether (sulfide) groups is 1. The average Bonchev–Trinajstić information content (AvgIpc) is 2.19. The second kappa shape index (κ2) is 10.3. The van der Waals surface area contributed by atoms with Crippen LogP contribution in [-0.4, -0.2) is 60.8 Å². The second-order valence-electron chi connectivity index (χ2n) is 3.21. The average molecular weight is 235 g/mol. The molecule has 0 aliphatic rings. The molecule has 5 heteroatoms. The molecule has 0 bridgehead atoms. The van der Waals surface area contributed by atoms with Crippen LogP contribution in [0.25, 0.3) is 0 Å². The fourth-order valence-electron chi connectivity index (χ4n) is 1.22. The molecule has 0 aliphatic heterocycles. The summed E-state index contributed by atoms with van der Waals surface area (Å²) in [6.45, 7) is 4.36. The van der Waals surface area contributed by atoms with E-state index >= 15 is 0 Å². The van der Waals surface area contributed by atoms with E-state index in [2.05, 4.69) is 6.92 Å². The van der Waals surface area contributed by atoms with Crippen LogP contribution in [0.15, 0.2) is 0 Å². The molecule has 0 aromatic rings. The quantitative estimate of drug-likeness (QED) is 0.576. The summed E-state index contributed by atoms with van der Waals surface area (Å²) >= 11 is 1.89. The normalized spacial score (nSPS) is 10.9. The number of nitrogens with zero attached hydrogens (tertiary/aromatic N) is 1. The van der Waals surface area contributed by atoms with E-state index in [0.717, 1.165) is 24.5 Å². The summed E-state index contributed by atoms with van der Waals surface area (Å²) in [5.74, 6) is 1.45. The highest BCUT2D eigenvalue weighted by molar-refractivity contribution is 7.99. The van der Waals surface area contributed by atoms with Crippen LogP contribution in [0.4, 0.5) is 0 Å². The third kappa shape index (κ3) is 10.0. The third-order valence-electron chi connectivity index (χ3n) is 1.94. The molecule has 0 radical (unpaired) electrons. The van der Waals surface area contributed by atoms with Gasteiger partial charge in [0.2, 0.25) is 0 Å². The molecule has 0 rings (SSSR count). The number of ether oxygens (including phenoxy) is 1. The molecule has 0 saturated heterocycles. The summed E-state index contributed by atoms with van der Waals surface area (Å²) in [4.78, 5) is 12.5. The molecular formula is C10H21NO3S. The van der Waals surface area contributed by atoms with Gasteiger partial charge in [-0.15, -0.1) is 0 Å². The van der Waals surface area contributed by atoms with Crippen molar-refractivity contribution in [2.75, 3.05) is 44.9 Å². The van der Waals surface area contributed by atoms with Crippen molar-refractivity contribution in [3.8, 4) is 0 Å². The standard InChI is InChI=1S/C10H21NO3S/c1-3-15-8-4-5-11(6-7-14-2)9-10(12)13/h3-9H2,1-2H3,(H,12,13). The van der Waals surface area contributed by atoms with Gasteiger partial charge in [-0.2, -0.15) is 11.8 Å². The van der Waals surface area contributed by atoms with Crippen molar-refractivity contribution in [1.29, 1.82) is 0 Å². The van der Waals surface area contributed by atoms with E-state index in [1.54, 1.807) is 7.11 Å². The number of aliphatic carboxylic acids is 1. The lowest BCUT2D eigenvalue weighted by molar-refractivity contribution is -0.138. The lowest BCUT2D eigenvalue weighted by Gasteiger charge is -2.19. The molecule has 0 unspecified atom stereocenters. The van der Waals surface area contributed by atoms with E-state index in [1.165, 1.54) is 0 Å². The zero-order valence-corrected chi connectivity index (χ0v) is 10.4. The Morgan fingerprint density at radius 1 is 1.47 bits per heavy atom. The van der Waals surface area contributed by atoms with E-state index in [4.69, 9.17) is 9.84 Å². The van der Waals surface area contributed by atoms with Crippen molar-refractivity contribution < 1.29 is 14.6 Å². The van der Waals surface area contributed by atoms with Crippen molar-refractivity contribution in [1.82, 2.24) is 4.90 Å². The van der Waals surface area contributed by atoms with Crippen molar-refractivity contribution in [3.05, 3.63) is 0 Å². The molecule has 0 fully saturated rings. The maximum atomic E-state index is 10.6. The van der Waals surface area contributed by atoms with E-state index in [-0.39, 0.29) is 6.54 Å². The number of carboxylic acids is 1. The molecular weight excluding hydrogens is 214 g/mol. The molecule has 0 atom stereocenters. The monoisotopic (exact) mass is 235 g/mol. The summed E-state index contributed by atoms with van der Waals surface area (Å²) in [7, 11) is 1.63. The van der Waals surface area contributed by atoms with Gasteiger partial charge in [0.15, 0.2) is 0 Å². The first-order chi connectivity index (χ1) is 7.20. The highest BCUT2D eigenvalue weighted by Gasteiger charge is 2.08. The third-order valence-corrected chi connectivity index (χ3v) is 2.92. The van der Waals surface area contributed by atoms with Crippen LogP contribution in [0.5, 0.6) is 0 Å². The molecule has 15 heavy (non-hydrogen) atoms. The second-order valence-corrected chi connectivity index (χ2v) is 4.61. The van der Waals surface area contributed by atoms with Gasteiger partial charge in [-0.05, 0) is 24.5 Å². The number of carboxylic acid groups (broad SMARTS) is 1. The first-order valence-electron chi connectivity index (χ1n) is 5.21. The minimum absolute atomic E-state index is 0.111. The maximum absolute atomic E-state index is 10.6. The van der Waals surface area contributed by atoms with Crippen LogP contribution < -0.4 is 0 Å². The topological polar surface area (TPSA) is 49.8 Å². The molecule has 0 saturated carbocycles. The van der Waals surface area contributed by atoms with Gasteiger partial charge in [0, 0.05) is 13.7 Å². The molecule has 0 spiro atoms. The number of rotatable bonds is 10. The van der Waals surface area contributed by atoms with Crippen LogP contribution in [0.2, 0.25) is 0 Å². The largest absolute Gasteiger partial charge is 0.480 e. The van der Waals surface area contributed by atoms with Gasteiger partial charge in [-0.3, -0.25) is 9.69 Å². The minimum Gasteiger partial charge on any atom is -0.480 e. The SMILES string of the molecule is CCSCCCN(CCOC)CC(=O)O. The summed E-state index contributed by atoms with van der Waals surface area (Å²) in [5, 5.41) is 8.70. The van der Waals surface area contributed by atoms with Gasteiger partial charge in [-0.1, -0.05) is 6.92 Å². The highest BCUT2D eigenvalue weighted by Crippen LogP contribution is 2.02. The van der Waals surface area contributed by atoms with Crippen molar-refractivity contribution >= 4 is 17.7 Å². The van der Waals surface area contributed by atoms with Gasteiger partial charge in [0.05, 0.1) is 13.2 Å². The van der Waals surface area contributed by atoms with Crippen molar-refractivity contribution in [3.63, 3.8) is 0 Å². The van der Waals surface area contributed by atoms with Crippen LogP contribution in [0, 0.1) is 0 Å². The van der Waals surface area contributed by atoms with Gasteiger partial charge in [0.1, 0.15) is 0 Å². The number of hydrogen-bond acceptors (Lipinski definition) is 4. The number of carbonyl (C=O) groups is 1. The highest BCUT2D eigenvalue weighted by atomic mass is 32.2. The minimum atomic E-state index is -0.769. The Bertz CT molecular complexity index is 167. The van der Waals surface area contributed by atoms with E-state index in [1.807, 2.05) is 16.7 Å². The molecule has 0 amide bonds. The van der Waals surface area contributed by atoms with Crippen molar-refractivity contribution in [2.45, 2.75) is 13.3 Å². The zero-order chi connectivity index (χ0) is 11.5. The molecule has 90 valence electrons. The first kappa shape index (κ1) is 14.7. The summed E-state index contributed by atoms with van der Waals surface area (Å²) in [6.07, 6.45) is 1.04. The van der Waals surface area contributed by atoms with Crippen LogP contribution in [-0.2, 0) is 9.53 Å². The molecule has 0 aromatic carbocycles. The Morgan fingerprint density at radius 3 is 2.73 bits per heavy atom. The number of hydrogen-bond donors (Lipinski definition) is 1. The Kier molecular flexibility index (Phi) is 10.1. The Morgan fingerprint density at radius 2 is 2.20 bits per heavy atom.